The number of piperazine rings is 1. The number of carbonyl (C=O) groups excluding carboxylic acids is 4. The summed E-state index contributed by atoms with van der Waals surface area (Å²) in [6.45, 7) is 7.31. The topological polar surface area (TPSA) is 170 Å². The lowest BCUT2D eigenvalue weighted by molar-refractivity contribution is -0.138. The highest BCUT2D eigenvalue weighted by molar-refractivity contribution is 6.20. The first-order chi connectivity index (χ1) is 31.6. The predicted molar refractivity (Wildman–Crippen MR) is 246 cm³/mol. The first-order valence-corrected chi connectivity index (χ1v) is 22.0. The number of hydrogen-bond acceptors (Lipinski definition) is 13. The van der Waals surface area contributed by atoms with E-state index >= 15 is 8.78 Å². The summed E-state index contributed by atoms with van der Waals surface area (Å²) in [6.07, 6.45) is 2.77. The lowest BCUT2D eigenvalue weighted by Crippen LogP contribution is -2.63. The number of benzene rings is 3. The average molecular weight is 905 g/mol. The van der Waals surface area contributed by atoms with Crippen molar-refractivity contribution in [1.29, 1.82) is 5.41 Å². The fourth-order valence-corrected chi connectivity index (χ4v) is 8.93. The van der Waals surface area contributed by atoms with E-state index in [9.17, 15) is 19.2 Å². The Morgan fingerprint density at radius 3 is 2.41 bits per heavy atom. The second kappa shape index (κ2) is 20.0. The molecule has 7 rings (SSSR count). The number of aromatic nitrogens is 1. The summed E-state index contributed by atoms with van der Waals surface area (Å²) < 4.78 is 48.8. The number of anilines is 2. The molecule has 3 aliphatic heterocycles. The highest BCUT2D eigenvalue weighted by atomic mass is 19.1. The molecule has 3 amide bonds. The van der Waals surface area contributed by atoms with Crippen LogP contribution in [0.1, 0.15) is 70.5 Å². The van der Waals surface area contributed by atoms with Crippen molar-refractivity contribution in [2.75, 3.05) is 77.3 Å². The molecule has 3 unspecified atom stereocenters. The van der Waals surface area contributed by atoms with E-state index in [1.165, 1.54) is 17.2 Å². The van der Waals surface area contributed by atoms with Crippen molar-refractivity contribution in [2.45, 2.75) is 57.8 Å². The van der Waals surface area contributed by atoms with Gasteiger partial charge in [-0.3, -0.25) is 38.7 Å². The first-order valence-electron chi connectivity index (χ1n) is 22.0. The van der Waals surface area contributed by atoms with Gasteiger partial charge in [-0.1, -0.05) is 18.2 Å². The minimum Gasteiger partial charge on any atom is -0.493 e. The predicted octanol–water partition coefficient (Wildman–Crippen LogP) is 5.59. The molecule has 1 aromatic heterocycles. The molecule has 3 aromatic carbocycles. The number of amides is 3. The molecule has 0 bridgehead atoms. The maximum absolute atomic E-state index is 16.4. The van der Waals surface area contributed by atoms with Crippen LogP contribution in [-0.4, -0.2) is 136 Å². The normalized spacial score (nSPS) is 21.4. The van der Waals surface area contributed by atoms with E-state index in [4.69, 9.17) is 27.5 Å². The number of piperidine rings is 2. The molecule has 15 nitrogen and oxygen atoms in total. The van der Waals surface area contributed by atoms with Crippen molar-refractivity contribution in [2.24, 2.45) is 5.41 Å². The Bertz CT molecular complexity index is 2490. The van der Waals surface area contributed by atoms with Gasteiger partial charge in [-0.25, -0.2) is 9.37 Å². The van der Waals surface area contributed by atoms with Gasteiger partial charge in [0.25, 0.3) is 5.91 Å². The van der Waals surface area contributed by atoms with Crippen molar-refractivity contribution in [1.82, 2.24) is 25.0 Å². The zero-order chi connectivity index (χ0) is 47.3. The van der Waals surface area contributed by atoms with Gasteiger partial charge in [-0.15, -0.1) is 0 Å². The fourth-order valence-electron chi connectivity index (χ4n) is 8.93. The van der Waals surface area contributed by atoms with Crippen LogP contribution >= 0.6 is 0 Å². The Labute approximate surface area is 384 Å². The van der Waals surface area contributed by atoms with Crippen LogP contribution in [0.2, 0.25) is 0 Å². The molecule has 3 N–H and O–H groups in total. The smallest absolute Gasteiger partial charge is 0.254 e. The number of imide groups is 1. The zero-order valence-electron chi connectivity index (χ0n) is 37.9. The van der Waals surface area contributed by atoms with Gasteiger partial charge in [0.05, 0.1) is 36.0 Å². The monoisotopic (exact) mass is 904 g/mol. The first kappa shape index (κ1) is 47.6. The van der Waals surface area contributed by atoms with E-state index in [0.29, 0.717) is 87.3 Å². The Balaban J connectivity index is 0.923. The van der Waals surface area contributed by atoms with Crippen molar-refractivity contribution >= 4 is 49.1 Å². The minimum atomic E-state index is -1.99. The number of aldehydes is 1. The molecule has 346 valence electrons. The zero-order valence-corrected chi connectivity index (χ0v) is 37.9. The number of carbonyl (C=O) groups is 4. The van der Waals surface area contributed by atoms with Crippen LogP contribution in [0.15, 0.2) is 66.9 Å². The number of rotatable bonds is 16. The number of methoxy groups -OCH3 is 1. The van der Waals surface area contributed by atoms with Gasteiger partial charge < -0.3 is 34.7 Å². The van der Waals surface area contributed by atoms with E-state index in [2.05, 4.69) is 20.5 Å². The third-order valence-corrected chi connectivity index (χ3v) is 12.7. The van der Waals surface area contributed by atoms with Gasteiger partial charge in [0.1, 0.15) is 19.4 Å². The fraction of sp³-hybridized carbons (Fsp3) is 0.417. The number of alkyl halides is 1. The lowest BCUT2D eigenvalue weighted by atomic mass is 9.72. The van der Waals surface area contributed by atoms with Crippen LogP contribution in [0.3, 0.4) is 0 Å². The SMILES string of the molecule is [B]C1(F)CN(Cc2ccc(Oc3cc(NC)c(C(=N)C4(C)CCC(=O)NC4=O)cc3F)cc2)CCC1N1CCN(c2cc(C(=O)N(C)Cc3ccc(OC)c(OCC)c3)c(C=O)cn2)CC1. The second-order valence-corrected chi connectivity index (χ2v) is 17.2. The molecule has 66 heavy (non-hydrogen) atoms. The lowest BCUT2D eigenvalue weighted by Gasteiger charge is -2.49. The number of likely N-dealkylation sites (tertiary alicyclic amines) is 1. The van der Waals surface area contributed by atoms with Crippen molar-refractivity contribution in [3.8, 4) is 23.0 Å². The van der Waals surface area contributed by atoms with Crippen LogP contribution in [0.4, 0.5) is 20.3 Å². The Morgan fingerprint density at radius 1 is 1.03 bits per heavy atom. The molecule has 2 radical (unpaired) electrons. The van der Waals surface area contributed by atoms with Crippen LogP contribution in [0.25, 0.3) is 0 Å². The molecule has 0 aliphatic carbocycles. The number of pyridine rings is 1. The van der Waals surface area contributed by atoms with Crippen molar-refractivity contribution < 1.29 is 42.2 Å². The van der Waals surface area contributed by atoms with E-state index in [-0.39, 0.29) is 60.0 Å². The van der Waals surface area contributed by atoms with Gasteiger partial charge in [0.15, 0.2) is 29.4 Å². The van der Waals surface area contributed by atoms with Crippen LogP contribution in [-0.2, 0) is 22.7 Å². The Hall–Kier alpha value is -6.40. The maximum Gasteiger partial charge on any atom is 0.254 e. The van der Waals surface area contributed by atoms with Crippen molar-refractivity contribution in [3.63, 3.8) is 0 Å². The summed E-state index contributed by atoms with van der Waals surface area (Å²) in [4.78, 5) is 62.3. The van der Waals surface area contributed by atoms with E-state index < -0.39 is 34.7 Å². The van der Waals surface area contributed by atoms with E-state index in [1.54, 1.807) is 52.4 Å². The molecular weight excluding hydrogens is 849 g/mol. The molecule has 0 spiro atoms. The molecule has 4 heterocycles. The Kier molecular flexibility index (Phi) is 14.4. The Morgan fingerprint density at radius 2 is 1.76 bits per heavy atom. The standard InChI is InChI=1S/C48H55BF2N8O7/c1-6-65-40-21-31(9-12-38(40)64-5)26-56(4)45(62)34-23-42(54-25-32(34)28-60)59-19-17-58(18-20-59)41-14-16-57(29-48(41,49)51)27-30-7-10-33(11-8-30)66-39-24-37(53-3)35(22-36(39)50)44(52)47(2)15-13-43(61)55-46(47)63/h7-12,21-25,28,41,52-53H,6,13-20,26-27,29H2,1-5H3,(H,55,61,63). The molecule has 3 aliphatic rings. The van der Waals surface area contributed by atoms with Gasteiger partial charge >= 0.3 is 0 Å². The maximum atomic E-state index is 16.4. The van der Waals surface area contributed by atoms with Crippen molar-refractivity contribution in [3.05, 3.63) is 100 Å². The molecule has 3 fully saturated rings. The number of nitrogens with zero attached hydrogens (tertiary/aromatic N) is 5. The van der Waals surface area contributed by atoms with E-state index in [1.807, 2.05) is 41.0 Å². The largest absolute Gasteiger partial charge is 0.493 e. The van der Waals surface area contributed by atoms with Crippen LogP contribution in [0, 0.1) is 16.6 Å². The number of ether oxygens (including phenoxy) is 3. The number of nitrogens with one attached hydrogen (secondary N) is 3. The molecule has 4 aromatic rings. The van der Waals surface area contributed by atoms with Crippen LogP contribution in [0.5, 0.6) is 23.0 Å². The molecule has 3 atom stereocenters. The minimum absolute atomic E-state index is 0.0175. The molecule has 3 saturated heterocycles. The summed E-state index contributed by atoms with van der Waals surface area (Å²) in [5.74, 6) is -0.0644. The second-order valence-electron chi connectivity index (χ2n) is 17.2. The third kappa shape index (κ3) is 10.2. The highest BCUT2D eigenvalue weighted by Crippen LogP contribution is 2.38. The summed E-state index contributed by atoms with van der Waals surface area (Å²) in [5, 5.41) is 14.0. The van der Waals surface area contributed by atoms with Gasteiger partial charge in [0.2, 0.25) is 11.8 Å². The average Bonchev–Trinajstić information content (AvgIpc) is 3.30. The van der Waals surface area contributed by atoms with E-state index in [0.717, 1.165) is 17.2 Å². The van der Waals surface area contributed by atoms with Gasteiger partial charge in [0, 0.05) is 108 Å². The number of hydrogen-bond donors (Lipinski definition) is 3. The molecule has 0 saturated carbocycles. The molecule has 18 heteroatoms. The summed E-state index contributed by atoms with van der Waals surface area (Å²) in [6, 6.07) is 16.3. The summed E-state index contributed by atoms with van der Waals surface area (Å²) >= 11 is 0. The molecular formula is C48H55BF2N8O7. The highest BCUT2D eigenvalue weighted by Gasteiger charge is 2.45. The summed E-state index contributed by atoms with van der Waals surface area (Å²) in [5.41, 5.74) is -0.710. The summed E-state index contributed by atoms with van der Waals surface area (Å²) in [7, 11) is 11.3. The third-order valence-electron chi connectivity index (χ3n) is 12.7. The van der Waals surface area contributed by atoms with Crippen LogP contribution < -0.4 is 29.7 Å². The van der Waals surface area contributed by atoms with Gasteiger partial charge in [-0.05, 0) is 74.2 Å². The van der Waals surface area contributed by atoms with Gasteiger partial charge in [-0.2, -0.15) is 0 Å². The quantitative estimate of drug-likeness (QED) is 0.0553. The number of halogens is 2.